The average molecular weight is 385 g/mol. The lowest BCUT2D eigenvalue weighted by Crippen LogP contribution is -2.39. The Hall–Kier alpha value is -2.02. The highest BCUT2D eigenvalue weighted by Crippen LogP contribution is 2.33. The van der Waals surface area contributed by atoms with Crippen LogP contribution in [0.3, 0.4) is 0 Å². The number of carbonyl (C=O) groups is 1. The smallest absolute Gasteiger partial charge is 0.226 e. The Bertz CT molecular complexity index is 770. The van der Waals surface area contributed by atoms with Gasteiger partial charge in [0.2, 0.25) is 5.91 Å². The van der Waals surface area contributed by atoms with Gasteiger partial charge in [0.1, 0.15) is 0 Å². The molecule has 0 unspecified atom stereocenters. The van der Waals surface area contributed by atoms with E-state index in [4.69, 9.17) is 0 Å². The van der Waals surface area contributed by atoms with Crippen LogP contribution in [0.25, 0.3) is 0 Å². The lowest BCUT2D eigenvalue weighted by Gasteiger charge is -2.26. The molecular formula is C19H19F4NOS. The van der Waals surface area contributed by atoms with Crippen molar-refractivity contribution in [2.45, 2.75) is 31.7 Å². The van der Waals surface area contributed by atoms with Gasteiger partial charge in [-0.25, -0.2) is 17.6 Å². The monoisotopic (exact) mass is 385 g/mol. The largest absolute Gasteiger partial charge is 0.349 e. The van der Waals surface area contributed by atoms with Gasteiger partial charge < -0.3 is 5.32 Å². The Labute approximate surface area is 154 Å². The van der Waals surface area contributed by atoms with Gasteiger partial charge in [0, 0.05) is 11.8 Å². The Morgan fingerprint density at radius 1 is 1.08 bits per heavy atom. The molecule has 140 valence electrons. The highest BCUT2D eigenvalue weighted by Gasteiger charge is 2.31. The minimum atomic E-state index is -1.47. The second-order valence-electron chi connectivity index (χ2n) is 6.58. The zero-order chi connectivity index (χ0) is 19.5. The van der Waals surface area contributed by atoms with Crippen molar-refractivity contribution in [3.05, 3.63) is 65.2 Å². The molecule has 0 bridgehead atoms. The first-order valence-corrected chi connectivity index (χ1v) is 8.93. The highest BCUT2D eigenvalue weighted by molar-refractivity contribution is 7.99. The molecule has 2 aromatic rings. The van der Waals surface area contributed by atoms with E-state index in [1.165, 1.54) is 0 Å². The summed E-state index contributed by atoms with van der Waals surface area (Å²) in [6.07, 6.45) is 0. The third-order valence-electron chi connectivity index (χ3n) is 3.91. The number of carbonyl (C=O) groups excluding carboxylic acids is 1. The van der Waals surface area contributed by atoms with Crippen LogP contribution >= 0.6 is 11.8 Å². The molecule has 1 atom stereocenters. The van der Waals surface area contributed by atoms with Crippen LogP contribution in [0, 0.1) is 28.7 Å². The van der Waals surface area contributed by atoms with Crippen molar-refractivity contribution >= 4 is 17.7 Å². The molecule has 0 aliphatic heterocycles. The second kappa shape index (κ2) is 8.12. The molecule has 0 saturated heterocycles. The summed E-state index contributed by atoms with van der Waals surface area (Å²) in [5, 5.41) is 2.84. The summed E-state index contributed by atoms with van der Waals surface area (Å²) in [6.45, 7) is 5.01. The molecular weight excluding hydrogens is 366 g/mol. The number of amides is 1. The van der Waals surface area contributed by atoms with Crippen LogP contribution in [-0.2, 0) is 4.79 Å². The van der Waals surface area contributed by atoms with E-state index >= 15 is 0 Å². The topological polar surface area (TPSA) is 29.1 Å². The third kappa shape index (κ3) is 4.58. The Kier molecular flexibility index (Phi) is 6.34. The molecule has 0 radical (unpaired) electrons. The number of rotatable bonds is 6. The summed E-state index contributed by atoms with van der Waals surface area (Å²) >= 11 is 0.569. The van der Waals surface area contributed by atoms with E-state index in [2.05, 4.69) is 5.32 Å². The van der Waals surface area contributed by atoms with E-state index in [0.29, 0.717) is 11.8 Å². The van der Waals surface area contributed by atoms with E-state index in [0.717, 1.165) is 5.56 Å². The molecule has 7 heteroatoms. The van der Waals surface area contributed by atoms with E-state index in [9.17, 15) is 22.4 Å². The summed E-state index contributed by atoms with van der Waals surface area (Å²) in [6, 6.07) is 9.20. The van der Waals surface area contributed by atoms with Crippen molar-refractivity contribution in [3.8, 4) is 0 Å². The van der Waals surface area contributed by atoms with Crippen LogP contribution < -0.4 is 5.32 Å². The third-order valence-corrected chi connectivity index (χ3v) is 5.42. The molecule has 0 saturated carbocycles. The fourth-order valence-corrected chi connectivity index (χ4v) is 3.30. The molecule has 2 rings (SSSR count). The van der Waals surface area contributed by atoms with E-state index in [1.807, 2.05) is 37.3 Å². The van der Waals surface area contributed by atoms with Crippen LogP contribution in [0.15, 0.2) is 41.3 Å². The summed E-state index contributed by atoms with van der Waals surface area (Å²) in [5.74, 6) is -6.24. The molecule has 0 aliphatic carbocycles. The zero-order valence-electron chi connectivity index (χ0n) is 14.6. The summed E-state index contributed by atoms with van der Waals surface area (Å²) in [7, 11) is 0. The summed E-state index contributed by atoms with van der Waals surface area (Å²) in [5.41, 5.74) is -0.108. The molecule has 26 heavy (non-hydrogen) atoms. The fourth-order valence-electron chi connectivity index (χ4n) is 2.21. The number of nitrogens with one attached hydrogen (secondary N) is 1. The standard InChI is InChI=1S/C19H19F4NOS/c1-11(12-7-5-4-6-8-12)24-18(25)19(2,3)10-26-17-15(22)13(20)9-14(21)16(17)23/h4-9,11H,10H2,1-3H3,(H,24,25)/t11-/m0/s1. The van der Waals surface area contributed by atoms with Crippen molar-refractivity contribution < 1.29 is 22.4 Å². The van der Waals surface area contributed by atoms with Crippen molar-refractivity contribution in [2.24, 2.45) is 5.41 Å². The van der Waals surface area contributed by atoms with Crippen LogP contribution in [-0.4, -0.2) is 11.7 Å². The molecule has 2 aromatic carbocycles. The second-order valence-corrected chi connectivity index (χ2v) is 7.56. The van der Waals surface area contributed by atoms with Crippen LogP contribution in [0.5, 0.6) is 0 Å². The minimum absolute atomic E-state index is 0.0585. The van der Waals surface area contributed by atoms with Gasteiger partial charge in [0.25, 0.3) is 0 Å². The first-order chi connectivity index (χ1) is 12.1. The lowest BCUT2D eigenvalue weighted by atomic mass is 9.94. The van der Waals surface area contributed by atoms with Gasteiger partial charge >= 0.3 is 0 Å². The number of hydrogen-bond acceptors (Lipinski definition) is 2. The van der Waals surface area contributed by atoms with Crippen molar-refractivity contribution in [3.63, 3.8) is 0 Å². The number of halogens is 4. The maximum absolute atomic E-state index is 13.7. The van der Waals surface area contributed by atoms with Crippen molar-refractivity contribution in [1.82, 2.24) is 5.32 Å². The maximum atomic E-state index is 13.7. The fraction of sp³-hybridized carbons (Fsp3) is 0.316. The minimum Gasteiger partial charge on any atom is -0.349 e. The first-order valence-electron chi connectivity index (χ1n) is 7.95. The molecule has 0 aromatic heterocycles. The first kappa shape index (κ1) is 20.3. The van der Waals surface area contributed by atoms with Crippen molar-refractivity contribution in [1.29, 1.82) is 0 Å². The molecule has 1 N–H and O–H groups in total. The Morgan fingerprint density at radius 3 is 2.15 bits per heavy atom. The summed E-state index contributed by atoms with van der Waals surface area (Å²) < 4.78 is 54.1. The van der Waals surface area contributed by atoms with Crippen LogP contribution in [0.4, 0.5) is 17.6 Å². The van der Waals surface area contributed by atoms with Gasteiger partial charge in [-0.3, -0.25) is 4.79 Å². The number of hydrogen-bond donors (Lipinski definition) is 1. The molecule has 2 nitrogen and oxygen atoms in total. The predicted octanol–water partition coefficient (Wildman–Crippen LogP) is 5.24. The lowest BCUT2D eigenvalue weighted by molar-refractivity contribution is -0.128. The van der Waals surface area contributed by atoms with Gasteiger partial charge in [-0.2, -0.15) is 0 Å². The van der Waals surface area contributed by atoms with E-state index in [-0.39, 0.29) is 23.8 Å². The number of thioether (sulfide) groups is 1. The van der Waals surface area contributed by atoms with E-state index in [1.54, 1.807) is 13.8 Å². The summed E-state index contributed by atoms with van der Waals surface area (Å²) in [4.78, 5) is 11.7. The molecule has 1 amide bonds. The highest BCUT2D eigenvalue weighted by atomic mass is 32.2. The number of benzene rings is 2. The normalized spacial score (nSPS) is 12.7. The van der Waals surface area contributed by atoms with Crippen molar-refractivity contribution in [2.75, 3.05) is 5.75 Å². The predicted molar refractivity (Wildman–Crippen MR) is 93.8 cm³/mol. The van der Waals surface area contributed by atoms with Crippen LogP contribution in [0.1, 0.15) is 32.4 Å². The van der Waals surface area contributed by atoms with Gasteiger partial charge in [-0.05, 0) is 12.5 Å². The quantitative estimate of drug-likeness (QED) is 0.419. The van der Waals surface area contributed by atoms with Gasteiger partial charge in [-0.1, -0.05) is 44.2 Å². The average Bonchev–Trinajstić information content (AvgIpc) is 2.60. The Balaban J connectivity index is 2.08. The molecule has 0 fully saturated rings. The SMILES string of the molecule is C[C@H](NC(=O)C(C)(C)CSc1c(F)c(F)cc(F)c1F)c1ccccc1. The molecule has 0 aliphatic rings. The Morgan fingerprint density at radius 2 is 1.62 bits per heavy atom. The van der Waals surface area contributed by atoms with Crippen LogP contribution in [0.2, 0.25) is 0 Å². The van der Waals surface area contributed by atoms with Gasteiger partial charge in [0.15, 0.2) is 23.3 Å². The van der Waals surface area contributed by atoms with Gasteiger partial charge in [0.05, 0.1) is 16.4 Å². The van der Waals surface area contributed by atoms with E-state index < -0.39 is 33.6 Å². The maximum Gasteiger partial charge on any atom is 0.226 e. The molecule has 0 spiro atoms. The molecule has 0 heterocycles. The zero-order valence-corrected chi connectivity index (χ0v) is 15.4. The van der Waals surface area contributed by atoms with Gasteiger partial charge in [-0.15, -0.1) is 11.8 Å².